The third-order valence-corrected chi connectivity index (χ3v) is 2.14. The first-order valence-corrected chi connectivity index (χ1v) is 5.12. The smallest absolute Gasteiger partial charge is 0.100 e. The third-order valence-electron chi connectivity index (χ3n) is 2.14. The van der Waals surface area contributed by atoms with Crippen molar-refractivity contribution in [3.8, 4) is 11.8 Å². The second-order valence-electron chi connectivity index (χ2n) is 3.57. The van der Waals surface area contributed by atoms with E-state index in [0.29, 0.717) is 6.10 Å². The van der Waals surface area contributed by atoms with Crippen LogP contribution in [0.3, 0.4) is 0 Å². The zero-order valence-electron chi connectivity index (χ0n) is 8.68. The average molecular weight is 181 g/mol. The summed E-state index contributed by atoms with van der Waals surface area (Å²) >= 11 is 0. The molecular weight excluding hydrogens is 162 g/mol. The summed E-state index contributed by atoms with van der Waals surface area (Å²) in [5.74, 6) is 6.36. The largest absolute Gasteiger partial charge is 0.362 e. The predicted octanol–water partition coefficient (Wildman–Crippen LogP) is 1.86. The summed E-state index contributed by atoms with van der Waals surface area (Å²) in [6.45, 7) is 6.95. The van der Waals surface area contributed by atoms with Gasteiger partial charge in [0.25, 0.3) is 0 Å². The minimum Gasteiger partial charge on any atom is -0.362 e. The van der Waals surface area contributed by atoms with E-state index in [2.05, 4.69) is 30.6 Å². The lowest BCUT2D eigenvalue weighted by Crippen LogP contribution is -2.21. The van der Waals surface area contributed by atoms with Crippen LogP contribution >= 0.6 is 0 Å². The van der Waals surface area contributed by atoms with Gasteiger partial charge in [-0.3, -0.25) is 4.90 Å². The van der Waals surface area contributed by atoms with E-state index >= 15 is 0 Å². The Bertz CT molecular complexity index is 192. The number of hydrogen-bond acceptors (Lipinski definition) is 2. The van der Waals surface area contributed by atoms with Gasteiger partial charge in [-0.15, -0.1) is 5.92 Å². The van der Waals surface area contributed by atoms with E-state index in [1.165, 1.54) is 12.8 Å². The van der Waals surface area contributed by atoms with E-state index in [1.807, 2.05) is 0 Å². The number of unbranched alkanes of at least 4 members (excludes halogenated alkanes) is 2. The molecule has 0 aromatic rings. The lowest BCUT2D eigenvalue weighted by atomic mass is 10.2. The van der Waals surface area contributed by atoms with Gasteiger partial charge in [0.05, 0.1) is 12.6 Å². The molecule has 2 heteroatoms. The third kappa shape index (κ3) is 4.31. The van der Waals surface area contributed by atoms with E-state index in [9.17, 15) is 0 Å². The maximum absolute atomic E-state index is 5.40. The molecule has 1 aliphatic heterocycles. The number of nitrogens with zero attached hydrogens (tertiary/aromatic N) is 1. The molecular formula is C11H19NO. The van der Waals surface area contributed by atoms with Gasteiger partial charge in [-0.2, -0.15) is 0 Å². The molecule has 1 aliphatic rings. The number of hydrogen-bond donors (Lipinski definition) is 0. The van der Waals surface area contributed by atoms with Crippen LogP contribution in [0.15, 0.2) is 0 Å². The lowest BCUT2D eigenvalue weighted by molar-refractivity contribution is 0.103. The maximum atomic E-state index is 5.40. The lowest BCUT2D eigenvalue weighted by Gasteiger charge is -2.06. The Kier molecular flexibility index (Phi) is 4.88. The van der Waals surface area contributed by atoms with Gasteiger partial charge in [0.1, 0.15) is 6.73 Å². The van der Waals surface area contributed by atoms with Crippen LogP contribution in [-0.4, -0.2) is 30.8 Å². The van der Waals surface area contributed by atoms with Crippen molar-refractivity contribution in [2.24, 2.45) is 0 Å². The number of ether oxygens (including phenoxy) is 1. The maximum Gasteiger partial charge on any atom is 0.100 e. The van der Waals surface area contributed by atoms with Gasteiger partial charge in [-0.05, 0) is 13.3 Å². The van der Waals surface area contributed by atoms with Crippen molar-refractivity contribution in [1.82, 2.24) is 4.90 Å². The normalized spacial score (nSPS) is 22.8. The Hall–Kier alpha value is -0.520. The van der Waals surface area contributed by atoms with E-state index < -0.39 is 0 Å². The highest BCUT2D eigenvalue weighted by atomic mass is 16.5. The number of rotatable bonds is 3. The minimum atomic E-state index is 0.387. The van der Waals surface area contributed by atoms with Gasteiger partial charge >= 0.3 is 0 Å². The van der Waals surface area contributed by atoms with Crippen molar-refractivity contribution in [3.05, 3.63) is 0 Å². The molecule has 0 N–H and O–H groups in total. The monoisotopic (exact) mass is 181 g/mol. The minimum absolute atomic E-state index is 0.387. The molecule has 1 fully saturated rings. The second kappa shape index (κ2) is 6.01. The van der Waals surface area contributed by atoms with Crippen LogP contribution in [0.1, 0.15) is 33.1 Å². The Morgan fingerprint density at radius 2 is 2.31 bits per heavy atom. The van der Waals surface area contributed by atoms with Crippen molar-refractivity contribution in [3.63, 3.8) is 0 Å². The Labute approximate surface area is 81.3 Å². The Morgan fingerprint density at radius 1 is 1.46 bits per heavy atom. The topological polar surface area (TPSA) is 12.5 Å². The van der Waals surface area contributed by atoms with Crippen molar-refractivity contribution in [1.29, 1.82) is 0 Å². The first-order chi connectivity index (χ1) is 6.33. The summed E-state index contributed by atoms with van der Waals surface area (Å²) in [7, 11) is 0. The van der Waals surface area contributed by atoms with Crippen molar-refractivity contribution in [2.45, 2.75) is 39.2 Å². The molecule has 1 atom stereocenters. The zero-order valence-corrected chi connectivity index (χ0v) is 8.68. The molecule has 1 rings (SSSR count). The quantitative estimate of drug-likeness (QED) is 0.487. The SMILES string of the molecule is CCCCC#CCN1COC(C)C1. The highest BCUT2D eigenvalue weighted by Gasteiger charge is 2.17. The van der Waals surface area contributed by atoms with Gasteiger partial charge in [-0.25, -0.2) is 0 Å². The molecule has 74 valence electrons. The van der Waals surface area contributed by atoms with E-state index in [0.717, 1.165) is 26.2 Å². The molecule has 1 unspecified atom stereocenters. The molecule has 0 aromatic heterocycles. The van der Waals surface area contributed by atoms with Crippen LogP contribution in [0.25, 0.3) is 0 Å². The first kappa shape index (κ1) is 10.6. The molecule has 1 saturated heterocycles. The van der Waals surface area contributed by atoms with Crippen molar-refractivity contribution >= 4 is 0 Å². The van der Waals surface area contributed by atoms with Crippen LogP contribution in [0.5, 0.6) is 0 Å². The van der Waals surface area contributed by atoms with Gasteiger partial charge in [0.2, 0.25) is 0 Å². The molecule has 0 aliphatic carbocycles. The van der Waals surface area contributed by atoms with Crippen LogP contribution < -0.4 is 0 Å². The molecule has 0 spiro atoms. The van der Waals surface area contributed by atoms with Crippen LogP contribution in [0.4, 0.5) is 0 Å². The summed E-state index contributed by atoms with van der Waals surface area (Å²) in [5.41, 5.74) is 0. The Morgan fingerprint density at radius 3 is 2.92 bits per heavy atom. The summed E-state index contributed by atoms with van der Waals surface area (Å²) in [6, 6.07) is 0. The van der Waals surface area contributed by atoms with Gasteiger partial charge in [-0.1, -0.05) is 19.3 Å². The summed E-state index contributed by atoms with van der Waals surface area (Å²) < 4.78 is 5.40. The summed E-state index contributed by atoms with van der Waals surface area (Å²) in [6.07, 6.45) is 3.89. The molecule has 1 heterocycles. The Balaban J connectivity index is 2.07. The zero-order chi connectivity index (χ0) is 9.52. The summed E-state index contributed by atoms with van der Waals surface area (Å²) in [4.78, 5) is 2.24. The van der Waals surface area contributed by atoms with Crippen molar-refractivity contribution in [2.75, 3.05) is 19.8 Å². The molecule has 13 heavy (non-hydrogen) atoms. The van der Waals surface area contributed by atoms with Crippen molar-refractivity contribution < 1.29 is 4.74 Å². The molecule has 2 nitrogen and oxygen atoms in total. The predicted molar refractivity (Wildman–Crippen MR) is 54.3 cm³/mol. The fraction of sp³-hybridized carbons (Fsp3) is 0.818. The second-order valence-corrected chi connectivity index (χ2v) is 3.57. The highest BCUT2D eigenvalue weighted by molar-refractivity contribution is 5.01. The molecule has 0 aromatic carbocycles. The van der Waals surface area contributed by atoms with Gasteiger partial charge in [0.15, 0.2) is 0 Å². The fourth-order valence-corrected chi connectivity index (χ4v) is 1.33. The van der Waals surface area contributed by atoms with Crippen LogP contribution in [0, 0.1) is 11.8 Å². The highest BCUT2D eigenvalue weighted by Crippen LogP contribution is 2.05. The summed E-state index contributed by atoms with van der Waals surface area (Å²) in [5, 5.41) is 0. The fourth-order valence-electron chi connectivity index (χ4n) is 1.33. The molecule has 0 radical (unpaired) electrons. The van der Waals surface area contributed by atoms with E-state index in [1.54, 1.807) is 0 Å². The molecule has 0 amide bonds. The average Bonchev–Trinajstić information content (AvgIpc) is 2.51. The van der Waals surface area contributed by atoms with E-state index in [-0.39, 0.29) is 0 Å². The first-order valence-electron chi connectivity index (χ1n) is 5.12. The van der Waals surface area contributed by atoms with Gasteiger partial charge in [0, 0.05) is 13.0 Å². The van der Waals surface area contributed by atoms with E-state index in [4.69, 9.17) is 4.74 Å². The molecule has 0 bridgehead atoms. The molecule has 0 saturated carbocycles. The van der Waals surface area contributed by atoms with Gasteiger partial charge < -0.3 is 4.74 Å². The van der Waals surface area contributed by atoms with Crippen LogP contribution in [-0.2, 0) is 4.74 Å². The standard InChI is InChI=1S/C11H19NO/c1-3-4-5-6-7-8-12-9-11(2)13-10-12/h11H,3-5,8-10H2,1-2H3. The van der Waals surface area contributed by atoms with Crippen LogP contribution in [0.2, 0.25) is 0 Å².